The van der Waals surface area contributed by atoms with Gasteiger partial charge in [0, 0.05) is 12.0 Å². The Kier molecular flexibility index (Phi) is 3.31. The molecule has 0 spiro atoms. The van der Waals surface area contributed by atoms with E-state index in [9.17, 15) is 9.59 Å². The average Bonchev–Trinajstić information content (AvgIpc) is 3.01. The Hall–Kier alpha value is -1.26. The Morgan fingerprint density at radius 3 is 2.19 bits per heavy atom. The van der Waals surface area contributed by atoms with Crippen LogP contribution in [0.15, 0.2) is 0 Å². The van der Waals surface area contributed by atoms with E-state index >= 15 is 0 Å². The number of primary amides is 1. The summed E-state index contributed by atoms with van der Waals surface area (Å²) in [5, 5.41) is 3.01. The summed E-state index contributed by atoms with van der Waals surface area (Å²) in [6.45, 7) is 0. The molecule has 0 aromatic heterocycles. The third-order valence-corrected chi connectivity index (χ3v) is 3.25. The molecule has 16 heavy (non-hydrogen) atoms. The molecule has 5 nitrogen and oxygen atoms in total. The molecule has 0 saturated heterocycles. The minimum atomic E-state index is -0.717. The number of ether oxygens (including phenoxy) is 1. The number of hydrogen-bond donors (Lipinski definition) is 2. The fourth-order valence-corrected chi connectivity index (χ4v) is 2.15. The first-order chi connectivity index (χ1) is 7.65. The second-order valence-corrected chi connectivity index (χ2v) is 4.69. The zero-order valence-corrected chi connectivity index (χ0v) is 9.28. The molecule has 0 radical (unpaired) electrons. The zero-order valence-electron chi connectivity index (χ0n) is 9.28. The van der Waals surface area contributed by atoms with Crippen molar-refractivity contribution >= 4 is 12.0 Å². The molecule has 0 aromatic rings. The van der Waals surface area contributed by atoms with Gasteiger partial charge in [0.2, 0.25) is 5.91 Å². The van der Waals surface area contributed by atoms with Crippen molar-refractivity contribution in [1.29, 1.82) is 0 Å². The Bertz CT molecular complexity index is 281. The summed E-state index contributed by atoms with van der Waals surface area (Å²) in [7, 11) is 0. The van der Waals surface area contributed by atoms with Gasteiger partial charge in [-0.2, -0.15) is 0 Å². The molecule has 3 N–H and O–H groups in total. The predicted octanol–water partition coefficient (Wildman–Crippen LogP) is 0.919. The largest absolute Gasteiger partial charge is 0.446 e. The summed E-state index contributed by atoms with van der Waals surface area (Å²) in [4.78, 5) is 22.3. The van der Waals surface area contributed by atoms with Gasteiger partial charge in [0.05, 0.1) is 0 Å². The summed E-state index contributed by atoms with van der Waals surface area (Å²) in [5.74, 6) is 0.258. The van der Waals surface area contributed by atoms with Gasteiger partial charge in [-0.15, -0.1) is 0 Å². The van der Waals surface area contributed by atoms with E-state index in [1.165, 1.54) is 0 Å². The third kappa shape index (κ3) is 3.12. The number of carbonyl (C=O) groups excluding carboxylic acids is 2. The van der Waals surface area contributed by atoms with Gasteiger partial charge in [-0.05, 0) is 38.5 Å². The lowest BCUT2D eigenvalue weighted by Crippen LogP contribution is -2.36. The topological polar surface area (TPSA) is 81.4 Å². The van der Waals surface area contributed by atoms with Crippen molar-refractivity contribution < 1.29 is 14.3 Å². The first-order valence-electron chi connectivity index (χ1n) is 5.91. The maximum atomic E-state index is 11.7. The van der Waals surface area contributed by atoms with Crippen molar-refractivity contribution in [1.82, 2.24) is 5.32 Å². The number of carbonyl (C=O) groups is 2. The molecule has 2 fully saturated rings. The van der Waals surface area contributed by atoms with E-state index in [0.717, 1.165) is 38.5 Å². The molecule has 2 aliphatic rings. The van der Waals surface area contributed by atoms with Crippen LogP contribution in [-0.4, -0.2) is 24.1 Å². The van der Waals surface area contributed by atoms with Crippen molar-refractivity contribution in [3.63, 3.8) is 0 Å². The molecule has 0 unspecified atom stereocenters. The summed E-state index contributed by atoms with van der Waals surface area (Å²) >= 11 is 0. The van der Waals surface area contributed by atoms with Crippen molar-refractivity contribution in [2.45, 2.75) is 50.7 Å². The maximum Gasteiger partial charge on any atom is 0.404 e. The SMILES string of the molecule is NC(=O)OC1CCC(C(=O)NC2CC2)CC1. The van der Waals surface area contributed by atoms with Gasteiger partial charge >= 0.3 is 6.09 Å². The van der Waals surface area contributed by atoms with Gasteiger partial charge in [-0.25, -0.2) is 4.79 Å². The highest BCUT2D eigenvalue weighted by molar-refractivity contribution is 5.79. The predicted molar refractivity (Wildman–Crippen MR) is 57.6 cm³/mol. The minimum Gasteiger partial charge on any atom is -0.446 e. The van der Waals surface area contributed by atoms with E-state index in [0.29, 0.717) is 6.04 Å². The van der Waals surface area contributed by atoms with Crippen molar-refractivity contribution in [3.05, 3.63) is 0 Å². The summed E-state index contributed by atoms with van der Waals surface area (Å²) in [6.07, 6.45) is 4.48. The smallest absolute Gasteiger partial charge is 0.404 e. The van der Waals surface area contributed by atoms with Crippen molar-refractivity contribution in [2.24, 2.45) is 11.7 Å². The average molecular weight is 226 g/mol. The highest BCUT2D eigenvalue weighted by Crippen LogP contribution is 2.28. The van der Waals surface area contributed by atoms with Crippen LogP contribution in [0.2, 0.25) is 0 Å². The van der Waals surface area contributed by atoms with Gasteiger partial charge in [-0.3, -0.25) is 4.79 Å². The second kappa shape index (κ2) is 4.72. The van der Waals surface area contributed by atoms with Crippen LogP contribution in [-0.2, 0) is 9.53 Å². The molecule has 0 aliphatic heterocycles. The van der Waals surface area contributed by atoms with Crippen molar-refractivity contribution in [3.8, 4) is 0 Å². The van der Waals surface area contributed by atoms with Crippen LogP contribution < -0.4 is 11.1 Å². The van der Waals surface area contributed by atoms with E-state index in [-0.39, 0.29) is 17.9 Å². The molecular weight excluding hydrogens is 208 g/mol. The van der Waals surface area contributed by atoms with Crippen LogP contribution in [0.4, 0.5) is 4.79 Å². The molecule has 5 heteroatoms. The van der Waals surface area contributed by atoms with Crippen LogP contribution in [0.1, 0.15) is 38.5 Å². The van der Waals surface area contributed by atoms with E-state index in [1.54, 1.807) is 0 Å². The number of rotatable bonds is 3. The molecule has 0 bridgehead atoms. The maximum absolute atomic E-state index is 11.7. The third-order valence-electron chi connectivity index (χ3n) is 3.25. The van der Waals surface area contributed by atoms with E-state index < -0.39 is 6.09 Å². The number of nitrogens with two attached hydrogens (primary N) is 1. The number of amides is 2. The lowest BCUT2D eigenvalue weighted by atomic mass is 9.87. The summed E-state index contributed by atoms with van der Waals surface area (Å²) < 4.78 is 4.92. The quantitative estimate of drug-likeness (QED) is 0.750. The fraction of sp³-hybridized carbons (Fsp3) is 0.818. The Balaban J connectivity index is 1.71. The monoisotopic (exact) mass is 226 g/mol. The first kappa shape index (κ1) is 11.2. The van der Waals surface area contributed by atoms with Crippen LogP contribution in [0, 0.1) is 5.92 Å². The molecule has 0 heterocycles. The standard InChI is InChI=1S/C11H18N2O3/c12-11(15)16-9-5-1-7(2-6-9)10(14)13-8-3-4-8/h7-9H,1-6H2,(H2,12,15)(H,13,14). The molecule has 2 rings (SSSR count). The van der Waals surface area contributed by atoms with Crippen LogP contribution in [0.5, 0.6) is 0 Å². The first-order valence-corrected chi connectivity index (χ1v) is 5.91. The van der Waals surface area contributed by atoms with Crippen LogP contribution in [0.25, 0.3) is 0 Å². The lowest BCUT2D eigenvalue weighted by Gasteiger charge is -2.26. The van der Waals surface area contributed by atoms with Crippen LogP contribution >= 0.6 is 0 Å². The Morgan fingerprint density at radius 1 is 1.06 bits per heavy atom. The fourth-order valence-electron chi connectivity index (χ4n) is 2.15. The molecule has 2 amide bonds. The van der Waals surface area contributed by atoms with Gasteiger partial charge in [0.25, 0.3) is 0 Å². The molecule has 90 valence electrons. The lowest BCUT2D eigenvalue weighted by molar-refractivity contribution is -0.126. The van der Waals surface area contributed by atoms with Gasteiger partial charge in [0.15, 0.2) is 0 Å². The van der Waals surface area contributed by atoms with Gasteiger partial charge < -0.3 is 15.8 Å². The highest BCUT2D eigenvalue weighted by Gasteiger charge is 2.31. The number of hydrogen-bond acceptors (Lipinski definition) is 3. The molecule has 2 aliphatic carbocycles. The normalized spacial score (nSPS) is 29.5. The van der Waals surface area contributed by atoms with Gasteiger partial charge in [-0.1, -0.05) is 0 Å². The highest BCUT2D eigenvalue weighted by atomic mass is 16.6. The Labute approximate surface area is 94.7 Å². The number of nitrogens with one attached hydrogen (secondary N) is 1. The summed E-state index contributed by atoms with van der Waals surface area (Å²) in [6, 6.07) is 0.423. The minimum absolute atomic E-state index is 0.0910. The molecule has 0 aromatic carbocycles. The second-order valence-electron chi connectivity index (χ2n) is 4.69. The van der Waals surface area contributed by atoms with Crippen molar-refractivity contribution in [2.75, 3.05) is 0 Å². The molecule has 2 saturated carbocycles. The zero-order chi connectivity index (χ0) is 11.5. The van der Waals surface area contributed by atoms with E-state index in [1.807, 2.05) is 0 Å². The summed E-state index contributed by atoms with van der Waals surface area (Å²) in [5.41, 5.74) is 4.95. The molecular formula is C11H18N2O3. The van der Waals surface area contributed by atoms with E-state index in [2.05, 4.69) is 5.32 Å². The van der Waals surface area contributed by atoms with Gasteiger partial charge in [0.1, 0.15) is 6.10 Å². The van der Waals surface area contributed by atoms with E-state index in [4.69, 9.17) is 10.5 Å². The van der Waals surface area contributed by atoms with Crippen LogP contribution in [0.3, 0.4) is 0 Å². The molecule has 0 atom stereocenters. The Morgan fingerprint density at radius 2 is 1.69 bits per heavy atom.